The summed E-state index contributed by atoms with van der Waals surface area (Å²) in [6.07, 6.45) is 5.38. The van der Waals surface area contributed by atoms with Gasteiger partial charge in [0, 0.05) is 12.1 Å². The molecule has 78 valence electrons. The van der Waals surface area contributed by atoms with E-state index in [1.54, 1.807) is 0 Å². The van der Waals surface area contributed by atoms with Gasteiger partial charge in [-0.15, -0.1) is 0 Å². The highest BCUT2D eigenvalue weighted by molar-refractivity contribution is 4.96. The molecule has 0 aromatic carbocycles. The summed E-state index contributed by atoms with van der Waals surface area (Å²) in [6, 6.07) is 0. The van der Waals surface area contributed by atoms with E-state index in [0.29, 0.717) is 5.54 Å². The lowest BCUT2D eigenvalue weighted by molar-refractivity contribution is 0.0379. The maximum Gasteiger partial charge on any atom is 0.0354 e. The first kappa shape index (κ1) is 11.0. The topological polar surface area (TPSA) is 29.3 Å². The first-order chi connectivity index (χ1) is 6.17. The highest BCUT2D eigenvalue weighted by Gasteiger charge is 2.39. The van der Waals surface area contributed by atoms with E-state index in [-0.39, 0.29) is 0 Å². The van der Waals surface area contributed by atoms with Crippen molar-refractivity contribution in [3.63, 3.8) is 0 Å². The van der Waals surface area contributed by atoms with Crippen molar-refractivity contribution >= 4 is 0 Å². The summed E-state index contributed by atoms with van der Waals surface area (Å²) >= 11 is 0. The Hall–Kier alpha value is -0.0800. The zero-order chi connectivity index (χ0) is 9.90. The fourth-order valence-corrected chi connectivity index (χ4v) is 2.74. The SMILES string of the molecule is CCN(C)C1(CN)CCCCC1C. The van der Waals surface area contributed by atoms with Crippen LogP contribution in [0.1, 0.15) is 39.5 Å². The minimum Gasteiger partial charge on any atom is -0.329 e. The summed E-state index contributed by atoms with van der Waals surface area (Å²) in [6.45, 7) is 6.51. The van der Waals surface area contributed by atoms with Gasteiger partial charge >= 0.3 is 0 Å². The van der Waals surface area contributed by atoms with E-state index < -0.39 is 0 Å². The summed E-state index contributed by atoms with van der Waals surface area (Å²) in [5.74, 6) is 0.760. The van der Waals surface area contributed by atoms with Gasteiger partial charge in [0.2, 0.25) is 0 Å². The monoisotopic (exact) mass is 184 g/mol. The minimum absolute atomic E-state index is 0.299. The second-order valence-corrected chi connectivity index (χ2v) is 4.47. The van der Waals surface area contributed by atoms with Crippen LogP contribution in [0.15, 0.2) is 0 Å². The van der Waals surface area contributed by atoms with Crippen molar-refractivity contribution in [1.82, 2.24) is 4.90 Å². The van der Waals surface area contributed by atoms with Crippen molar-refractivity contribution < 1.29 is 0 Å². The van der Waals surface area contributed by atoms with Gasteiger partial charge in [0.15, 0.2) is 0 Å². The van der Waals surface area contributed by atoms with Crippen LogP contribution in [-0.4, -0.2) is 30.6 Å². The molecule has 0 aliphatic heterocycles. The lowest BCUT2D eigenvalue weighted by atomic mass is 9.72. The molecule has 0 aromatic rings. The maximum absolute atomic E-state index is 5.96. The largest absolute Gasteiger partial charge is 0.329 e. The van der Waals surface area contributed by atoms with E-state index in [2.05, 4.69) is 25.8 Å². The van der Waals surface area contributed by atoms with Gasteiger partial charge < -0.3 is 5.73 Å². The van der Waals surface area contributed by atoms with Crippen LogP contribution in [0.4, 0.5) is 0 Å². The Balaban J connectivity index is 2.75. The molecule has 1 aliphatic carbocycles. The van der Waals surface area contributed by atoms with Gasteiger partial charge in [-0.3, -0.25) is 4.90 Å². The van der Waals surface area contributed by atoms with Gasteiger partial charge in [0.25, 0.3) is 0 Å². The van der Waals surface area contributed by atoms with Crippen molar-refractivity contribution in [1.29, 1.82) is 0 Å². The van der Waals surface area contributed by atoms with E-state index in [1.165, 1.54) is 25.7 Å². The van der Waals surface area contributed by atoms with Crippen molar-refractivity contribution in [3.8, 4) is 0 Å². The minimum atomic E-state index is 0.299. The van der Waals surface area contributed by atoms with Crippen molar-refractivity contribution in [2.24, 2.45) is 11.7 Å². The fraction of sp³-hybridized carbons (Fsp3) is 1.00. The standard InChI is InChI=1S/C11H24N2/c1-4-13(3)11(9-12)8-6-5-7-10(11)2/h10H,4-9,12H2,1-3H3. The summed E-state index contributed by atoms with van der Waals surface area (Å²) in [5.41, 5.74) is 6.26. The van der Waals surface area contributed by atoms with Crippen LogP contribution < -0.4 is 5.73 Å². The molecule has 2 atom stereocenters. The molecule has 13 heavy (non-hydrogen) atoms. The highest BCUT2D eigenvalue weighted by atomic mass is 15.2. The molecule has 0 radical (unpaired) electrons. The molecule has 2 nitrogen and oxygen atoms in total. The Morgan fingerprint density at radius 1 is 1.46 bits per heavy atom. The van der Waals surface area contributed by atoms with E-state index in [1.807, 2.05) is 0 Å². The second-order valence-electron chi connectivity index (χ2n) is 4.47. The third-order valence-corrected chi connectivity index (χ3v) is 4.00. The number of hydrogen-bond acceptors (Lipinski definition) is 2. The number of rotatable bonds is 3. The van der Waals surface area contributed by atoms with E-state index in [4.69, 9.17) is 5.73 Å². The van der Waals surface area contributed by atoms with Crippen LogP contribution in [0.2, 0.25) is 0 Å². The number of nitrogens with two attached hydrogens (primary N) is 1. The second kappa shape index (κ2) is 4.43. The van der Waals surface area contributed by atoms with Gasteiger partial charge in [-0.2, -0.15) is 0 Å². The Morgan fingerprint density at radius 2 is 2.15 bits per heavy atom. The average molecular weight is 184 g/mol. The molecule has 0 spiro atoms. The van der Waals surface area contributed by atoms with Gasteiger partial charge in [-0.1, -0.05) is 26.7 Å². The molecule has 1 rings (SSSR count). The van der Waals surface area contributed by atoms with Gasteiger partial charge in [-0.25, -0.2) is 0 Å². The van der Waals surface area contributed by atoms with Crippen LogP contribution in [0.25, 0.3) is 0 Å². The Bertz CT molecular complexity index is 152. The van der Waals surface area contributed by atoms with Crippen LogP contribution in [0, 0.1) is 5.92 Å². The molecule has 2 heteroatoms. The third kappa shape index (κ3) is 1.89. The molecule has 0 bridgehead atoms. The average Bonchev–Trinajstić information content (AvgIpc) is 2.18. The quantitative estimate of drug-likeness (QED) is 0.725. The third-order valence-electron chi connectivity index (χ3n) is 4.00. The Morgan fingerprint density at radius 3 is 2.62 bits per heavy atom. The lowest BCUT2D eigenvalue weighted by Crippen LogP contribution is -2.57. The molecule has 1 fully saturated rings. The zero-order valence-electron chi connectivity index (χ0n) is 9.34. The highest BCUT2D eigenvalue weighted by Crippen LogP contribution is 2.36. The first-order valence-corrected chi connectivity index (χ1v) is 5.58. The molecule has 0 aromatic heterocycles. The van der Waals surface area contributed by atoms with Gasteiger partial charge in [-0.05, 0) is 32.4 Å². The normalized spacial score (nSPS) is 35.3. The van der Waals surface area contributed by atoms with Gasteiger partial charge in [0.05, 0.1) is 0 Å². The molecular formula is C11H24N2. The van der Waals surface area contributed by atoms with Crippen LogP contribution >= 0.6 is 0 Å². The summed E-state index contributed by atoms with van der Waals surface area (Å²) in [5, 5.41) is 0. The lowest BCUT2D eigenvalue weighted by Gasteiger charge is -2.48. The summed E-state index contributed by atoms with van der Waals surface area (Å²) < 4.78 is 0. The molecule has 0 saturated heterocycles. The molecule has 1 saturated carbocycles. The fourth-order valence-electron chi connectivity index (χ4n) is 2.74. The number of likely N-dealkylation sites (N-methyl/N-ethyl adjacent to an activating group) is 1. The summed E-state index contributed by atoms with van der Waals surface area (Å²) in [7, 11) is 2.22. The van der Waals surface area contributed by atoms with Crippen molar-refractivity contribution in [2.45, 2.75) is 45.1 Å². The molecule has 2 unspecified atom stereocenters. The Labute approximate surface area is 82.5 Å². The molecular weight excluding hydrogens is 160 g/mol. The molecule has 2 N–H and O–H groups in total. The maximum atomic E-state index is 5.96. The van der Waals surface area contributed by atoms with Crippen molar-refractivity contribution in [3.05, 3.63) is 0 Å². The van der Waals surface area contributed by atoms with Crippen molar-refractivity contribution in [2.75, 3.05) is 20.1 Å². The number of nitrogens with zero attached hydrogens (tertiary/aromatic N) is 1. The van der Waals surface area contributed by atoms with E-state index in [9.17, 15) is 0 Å². The smallest absolute Gasteiger partial charge is 0.0354 e. The molecule has 0 heterocycles. The van der Waals surface area contributed by atoms with Crippen LogP contribution in [0.3, 0.4) is 0 Å². The van der Waals surface area contributed by atoms with Crippen LogP contribution in [0.5, 0.6) is 0 Å². The first-order valence-electron chi connectivity index (χ1n) is 5.58. The number of hydrogen-bond donors (Lipinski definition) is 1. The molecule has 1 aliphatic rings. The summed E-state index contributed by atoms with van der Waals surface area (Å²) in [4.78, 5) is 2.46. The molecule has 0 amide bonds. The van der Waals surface area contributed by atoms with Gasteiger partial charge in [0.1, 0.15) is 0 Å². The zero-order valence-corrected chi connectivity index (χ0v) is 9.34. The van der Waals surface area contributed by atoms with Crippen LogP contribution in [-0.2, 0) is 0 Å². The van der Waals surface area contributed by atoms with E-state index >= 15 is 0 Å². The predicted molar refractivity (Wildman–Crippen MR) is 57.7 cm³/mol. The predicted octanol–water partition coefficient (Wildman–Crippen LogP) is 1.85. The Kier molecular flexibility index (Phi) is 3.74. The van der Waals surface area contributed by atoms with E-state index in [0.717, 1.165) is 19.0 Å².